The molecule has 150 valence electrons. The second-order valence-electron chi connectivity index (χ2n) is 9.00. The number of para-hydroxylation sites is 1. The van der Waals surface area contributed by atoms with Gasteiger partial charge in [-0.2, -0.15) is 0 Å². The molecule has 5 heteroatoms. The van der Waals surface area contributed by atoms with E-state index in [4.69, 9.17) is 4.74 Å². The van der Waals surface area contributed by atoms with Crippen molar-refractivity contribution in [3.63, 3.8) is 0 Å². The number of carbonyl (C=O) groups is 2. The first-order chi connectivity index (χ1) is 12.7. The van der Waals surface area contributed by atoms with Gasteiger partial charge in [-0.1, -0.05) is 32.9 Å². The predicted octanol–water partition coefficient (Wildman–Crippen LogP) is 3.88. The van der Waals surface area contributed by atoms with E-state index >= 15 is 0 Å². The minimum atomic E-state index is -0.108. The van der Waals surface area contributed by atoms with Crippen molar-refractivity contribution in [2.45, 2.75) is 59.9 Å². The zero-order valence-corrected chi connectivity index (χ0v) is 17.4. The van der Waals surface area contributed by atoms with Crippen molar-refractivity contribution in [2.24, 2.45) is 11.3 Å². The van der Waals surface area contributed by atoms with Crippen molar-refractivity contribution in [1.29, 1.82) is 0 Å². The van der Waals surface area contributed by atoms with Gasteiger partial charge in [0, 0.05) is 25.6 Å². The Labute approximate surface area is 163 Å². The lowest BCUT2D eigenvalue weighted by molar-refractivity contribution is -0.134. The van der Waals surface area contributed by atoms with Gasteiger partial charge in [0.1, 0.15) is 5.75 Å². The zero-order valence-electron chi connectivity index (χ0n) is 17.4. The van der Waals surface area contributed by atoms with Crippen LogP contribution in [0.2, 0.25) is 0 Å². The molecule has 0 bridgehead atoms. The van der Waals surface area contributed by atoms with Crippen LogP contribution in [0.3, 0.4) is 0 Å². The Morgan fingerprint density at radius 3 is 2.41 bits per heavy atom. The molecule has 5 nitrogen and oxygen atoms in total. The van der Waals surface area contributed by atoms with Crippen molar-refractivity contribution in [3.8, 4) is 5.75 Å². The van der Waals surface area contributed by atoms with Crippen LogP contribution in [-0.4, -0.2) is 42.5 Å². The molecule has 0 unspecified atom stereocenters. The molecule has 1 aromatic carbocycles. The summed E-state index contributed by atoms with van der Waals surface area (Å²) in [6, 6.07) is 7.45. The van der Waals surface area contributed by atoms with Crippen molar-refractivity contribution < 1.29 is 14.3 Å². The van der Waals surface area contributed by atoms with E-state index in [0.29, 0.717) is 30.3 Å². The topological polar surface area (TPSA) is 58.6 Å². The van der Waals surface area contributed by atoms with E-state index in [9.17, 15) is 9.59 Å². The van der Waals surface area contributed by atoms with E-state index in [1.165, 1.54) is 0 Å². The molecule has 2 amide bonds. The zero-order chi connectivity index (χ0) is 20.0. The summed E-state index contributed by atoms with van der Waals surface area (Å²) in [4.78, 5) is 26.7. The largest absolute Gasteiger partial charge is 0.492 e. The van der Waals surface area contributed by atoms with Crippen LogP contribution in [0.5, 0.6) is 5.75 Å². The van der Waals surface area contributed by atoms with Gasteiger partial charge in [-0.05, 0) is 50.2 Å². The van der Waals surface area contributed by atoms with Gasteiger partial charge >= 0.3 is 0 Å². The molecule has 27 heavy (non-hydrogen) atoms. The van der Waals surface area contributed by atoms with E-state index < -0.39 is 0 Å². The fourth-order valence-corrected chi connectivity index (χ4v) is 3.24. The molecule has 0 aromatic heterocycles. The van der Waals surface area contributed by atoms with Crippen molar-refractivity contribution in [2.75, 3.05) is 19.7 Å². The fourth-order valence-electron chi connectivity index (χ4n) is 3.24. The number of nitrogens with zero attached hydrogens (tertiary/aromatic N) is 1. The Balaban J connectivity index is 1.85. The number of piperidine rings is 1. The number of benzene rings is 1. The molecule has 0 atom stereocenters. The molecule has 2 rings (SSSR count). The number of ether oxygens (including phenoxy) is 1. The van der Waals surface area contributed by atoms with Crippen LogP contribution in [0.1, 0.15) is 64.2 Å². The lowest BCUT2D eigenvalue weighted by Crippen LogP contribution is -2.41. The maximum atomic E-state index is 12.4. The van der Waals surface area contributed by atoms with Crippen LogP contribution in [0.25, 0.3) is 0 Å². The van der Waals surface area contributed by atoms with Crippen molar-refractivity contribution >= 4 is 11.8 Å². The Hall–Kier alpha value is -2.04. The van der Waals surface area contributed by atoms with Gasteiger partial charge in [-0.15, -0.1) is 0 Å². The lowest BCUT2D eigenvalue weighted by atomic mass is 9.90. The molecule has 1 heterocycles. The maximum Gasteiger partial charge on any atom is 0.255 e. The van der Waals surface area contributed by atoms with E-state index in [2.05, 4.69) is 26.1 Å². The highest BCUT2D eigenvalue weighted by molar-refractivity contribution is 5.97. The number of rotatable bonds is 6. The third kappa shape index (κ3) is 6.89. The molecule has 1 aromatic rings. The summed E-state index contributed by atoms with van der Waals surface area (Å²) in [5.74, 6) is 1.17. The van der Waals surface area contributed by atoms with Gasteiger partial charge in [0.2, 0.25) is 5.91 Å². The van der Waals surface area contributed by atoms with Crippen molar-refractivity contribution in [3.05, 3.63) is 29.8 Å². The minimum absolute atomic E-state index is 0.0251. The number of carbonyl (C=O) groups excluding carboxylic acids is 2. The molecule has 1 aliphatic heterocycles. The normalized spacial score (nSPS) is 15.7. The molecule has 1 fully saturated rings. The molecular weight excluding hydrogens is 340 g/mol. The molecule has 0 radical (unpaired) electrons. The Kier molecular flexibility index (Phi) is 7.28. The Morgan fingerprint density at radius 2 is 1.81 bits per heavy atom. The summed E-state index contributed by atoms with van der Waals surface area (Å²) in [7, 11) is 0. The van der Waals surface area contributed by atoms with Crippen LogP contribution in [0, 0.1) is 11.3 Å². The summed E-state index contributed by atoms with van der Waals surface area (Å²) < 4.78 is 5.99. The first kappa shape index (κ1) is 21.3. The number of likely N-dealkylation sites (tertiary alicyclic amines) is 1. The standard InChI is InChI=1S/C22H34N2O3/c1-16(2)23-21(26)18-8-6-7-9-19(18)27-15-17-10-12-24(13-11-17)20(25)14-22(3,4)5/h6-9,16-17H,10-15H2,1-5H3,(H,23,26). The molecule has 1 N–H and O–H groups in total. The summed E-state index contributed by atoms with van der Waals surface area (Å²) in [6.07, 6.45) is 2.47. The van der Waals surface area contributed by atoms with Gasteiger partial charge in [0.05, 0.1) is 12.2 Å². The molecule has 0 saturated carbocycles. The SMILES string of the molecule is CC(C)NC(=O)c1ccccc1OCC1CCN(C(=O)CC(C)(C)C)CC1. The van der Waals surface area contributed by atoms with Crippen LogP contribution in [0.4, 0.5) is 0 Å². The summed E-state index contributed by atoms with van der Waals surface area (Å²) >= 11 is 0. The quantitative estimate of drug-likeness (QED) is 0.822. The van der Waals surface area contributed by atoms with Crippen LogP contribution in [-0.2, 0) is 4.79 Å². The van der Waals surface area contributed by atoms with Gasteiger partial charge < -0.3 is 15.0 Å². The number of amides is 2. The van der Waals surface area contributed by atoms with Crippen LogP contribution < -0.4 is 10.1 Å². The second-order valence-corrected chi connectivity index (χ2v) is 9.00. The Bertz CT molecular complexity index is 641. The van der Waals surface area contributed by atoms with E-state index in [1.54, 1.807) is 6.07 Å². The van der Waals surface area contributed by atoms with Gasteiger partial charge in [0.15, 0.2) is 0 Å². The Morgan fingerprint density at radius 1 is 1.19 bits per heavy atom. The predicted molar refractivity (Wildman–Crippen MR) is 108 cm³/mol. The third-order valence-electron chi connectivity index (χ3n) is 4.67. The van der Waals surface area contributed by atoms with Gasteiger partial charge in [-0.25, -0.2) is 0 Å². The van der Waals surface area contributed by atoms with E-state index in [1.807, 2.05) is 36.9 Å². The smallest absolute Gasteiger partial charge is 0.255 e. The van der Waals surface area contributed by atoms with E-state index in [-0.39, 0.29) is 23.3 Å². The first-order valence-electron chi connectivity index (χ1n) is 9.96. The van der Waals surface area contributed by atoms with E-state index in [0.717, 1.165) is 25.9 Å². The molecule has 1 saturated heterocycles. The lowest BCUT2D eigenvalue weighted by Gasteiger charge is -2.33. The molecule has 0 spiro atoms. The first-order valence-corrected chi connectivity index (χ1v) is 9.96. The highest BCUT2D eigenvalue weighted by atomic mass is 16.5. The number of hydrogen-bond acceptors (Lipinski definition) is 3. The number of hydrogen-bond donors (Lipinski definition) is 1. The average Bonchev–Trinajstić information content (AvgIpc) is 2.58. The monoisotopic (exact) mass is 374 g/mol. The van der Waals surface area contributed by atoms with Crippen LogP contribution >= 0.6 is 0 Å². The highest BCUT2D eigenvalue weighted by Gasteiger charge is 2.26. The van der Waals surface area contributed by atoms with Crippen LogP contribution in [0.15, 0.2) is 24.3 Å². The third-order valence-corrected chi connectivity index (χ3v) is 4.67. The molecular formula is C22H34N2O3. The molecule has 0 aliphatic carbocycles. The second kappa shape index (κ2) is 9.25. The fraction of sp³-hybridized carbons (Fsp3) is 0.636. The molecule has 1 aliphatic rings. The minimum Gasteiger partial charge on any atom is -0.492 e. The van der Waals surface area contributed by atoms with Gasteiger partial charge in [-0.3, -0.25) is 9.59 Å². The highest BCUT2D eigenvalue weighted by Crippen LogP contribution is 2.25. The van der Waals surface area contributed by atoms with Gasteiger partial charge in [0.25, 0.3) is 5.91 Å². The summed E-state index contributed by atoms with van der Waals surface area (Å²) in [5.41, 5.74) is 0.598. The van der Waals surface area contributed by atoms with Crippen molar-refractivity contribution in [1.82, 2.24) is 10.2 Å². The summed E-state index contributed by atoms with van der Waals surface area (Å²) in [6.45, 7) is 12.3. The number of nitrogens with one attached hydrogen (secondary N) is 1. The maximum absolute atomic E-state index is 12.4. The summed E-state index contributed by atoms with van der Waals surface area (Å²) in [5, 5.41) is 2.91. The average molecular weight is 375 g/mol.